The summed E-state index contributed by atoms with van der Waals surface area (Å²) in [5.74, 6) is -2.20. The van der Waals surface area contributed by atoms with Gasteiger partial charge in [-0.25, -0.2) is 23.8 Å². The molecule has 3 aromatic heterocycles. The van der Waals surface area contributed by atoms with Crippen molar-refractivity contribution >= 4 is 22.3 Å². The van der Waals surface area contributed by atoms with Crippen molar-refractivity contribution in [3.63, 3.8) is 0 Å². The van der Waals surface area contributed by atoms with Gasteiger partial charge in [-0.15, -0.1) is 0 Å². The van der Waals surface area contributed by atoms with Crippen molar-refractivity contribution < 1.29 is 22.0 Å². The molecule has 14 heteroatoms. The molecule has 0 aliphatic carbocycles. The largest absolute Gasteiger partial charge is 0.423 e. The summed E-state index contributed by atoms with van der Waals surface area (Å²) in [5.41, 5.74) is 1.76. The Kier molecular flexibility index (Phi) is 6.92. The number of hydrogen-bond donors (Lipinski definition) is 3. The highest BCUT2D eigenvalue weighted by Crippen LogP contribution is 2.32. The molecule has 0 fully saturated rings. The third kappa shape index (κ3) is 5.42. The Bertz CT molecular complexity index is 1580. The molecule has 4 rings (SSSR count). The van der Waals surface area contributed by atoms with Crippen LogP contribution in [0.3, 0.4) is 0 Å². The van der Waals surface area contributed by atoms with Crippen LogP contribution in [-0.2, 0) is 12.7 Å². The molecular weight excluding hydrogens is 501 g/mol. The molecule has 1 aromatic carbocycles. The lowest BCUT2D eigenvalue weighted by molar-refractivity contribution is -0.138. The average Bonchev–Trinajstić information content (AvgIpc) is 2.81. The Morgan fingerprint density at radius 1 is 1.16 bits per heavy atom. The topological polar surface area (TPSA) is 132 Å². The molecule has 0 aliphatic heterocycles. The third-order valence-corrected chi connectivity index (χ3v) is 5.65. The normalized spacial score (nSPS) is 12.6. The van der Waals surface area contributed by atoms with E-state index in [2.05, 4.69) is 20.4 Å². The number of rotatable bonds is 7. The molecule has 0 amide bonds. The third-order valence-electron chi connectivity index (χ3n) is 5.65. The predicted molar refractivity (Wildman–Crippen MR) is 126 cm³/mol. The minimum atomic E-state index is -4.86. The van der Waals surface area contributed by atoms with Gasteiger partial charge in [-0.1, -0.05) is 0 Å². The van der Waals surface area contributed by atoms with Crippen LogP contribution in [0.15, 0.2) is 46.4 Å². The molecule has 0 saturated heterocycles. The summed E-state index contributed by atoms with van der Waals surface area (Å²) < 4.78 is 69.1. The van der Waals surface area contributed by atoms with Gasteiger partial charge in [0.2, 0.25) is 0 Å². The summed E-state index contributed by atoms with van der Waals surface area (Å²) in [4.78, 5) is 32.0. The van der Waals surface area contributed by atoms with Crippen LogP contribution in [0.1, 0.15) is 25.3 Å². The van der Waals surface area contributed by atoms with Gasteiger partial charge in [-0.3, -0.25) is 9.59 Å². The number of nitrogens with two attached hydrogens (primary N) is 1. The van der Waals surface area contributed by atoms with E-state index in [0.29, 0.717) is 18.2 Å². The van der Waals surface area contributed by atoms with Gasteiger partial charge in [0.25, 0.3) is 11.1 Å². The Morgan fingerprint density at radius 2 is 1.92 bits per heavy atom. The summed E-state index contributed by atoms with van der Waals surface area (Å²) >= 11 is 0. The molecule has 3 heterocycles. The molecule has 0 unspecified atom stereocenters. The van der Waals surface area contributed by atoms with Gasteiger partial charge in [0.1, 0.15) is 11.4 Å². The van der Waals surface area contributed by atoms with Crippen LogP contribution in [-0.4, -0.2) is 30.8 Å². The summed E-state index contributed by atoms with van der Waals surface area (Å²) in [7, 11) is 0. The number of nitrogen functional groups attached to an aromatic ring is 1. The lowest BCUT2D eigenvalue weighted by Crippen LogP contribution is -2.27. The van der Waals surface area contributed by atoms with Crippen LogP contribution in [0.4, 0.5) is 33.5 Å². The minimum Gasteiger partial charge on any atom is -0.381 e. The summed E-state index contributed by atoms with van der Waals surface area (Å²) in [6.45, 7) is 1.84. The Hall–Kier alpha value is -4.36. The SMILES string of the molecule is C[C@@H](CCCn1ccc2cc(-c3ncc(F)c(N)n3)c(F)cc2c1=O)Nc1cn[nH]c(=O)c1C(F)(F)F. The number of aryl methyl sites for hydroxylation is 1. The smallest absolute Gasteiger partial charge is 0.381 e. The van der Waals surface area contributed by atoms with Gasteiger partial charge >= 0.3 is 6.18 Å². The number of fused-ring (bicyclic) bond motifs is 1. The average molecular weight is 521 g/mol. The molecule has 37 heavy (non-hydrogen) atoms. The zero-order valence-corrected chi connectivity index (χ0v) is 19.2. The number of alkyl halides is 3. The quantitative estimate of drug-likeness (QED) is 0.316. The van der Waals surface area contributed by atoms with Crippen LogP contribution in [0, 0.1) is 11.6 Å². The number of H-pyrrole nitrogens is 1. The zero-order valence-electron chi connectivity index (χ0n) is 19.2. The first-order chi connectivity index (χ1) is 17.5. The van der Waals surface area contributed by atoms with Gasteiger partial charge in [-0.05, 0) is 43.4 Å². The van der Waals surface area contributed by atoms with Crippen molar-refractivity contribution in [1.29, 1.82) is 0 Å². The number of anilines is 2. The fourth-order valence-corrected chi connectivity index (χ4v) is 3.86. The van der Waals surface area contributed by atoms with Gasteiger partial charge in [-0.2, -0.15) is 18.3 Å². The fraction of sp³-hybridized carbons (Fsp3) is 0.261. The highest BCUT2D eigenvalue weighted by Gasteiger charge is 2.37. The van der Waals surface area contributed by atoms with E-state index in [0.717, 1.165) is 18.5 Å². The summed E-state index contributed by atoms with van der Waals surface area (Å²) in [6, 6.07) is 3.51. The van der Waals surface area contributed by atoms with E-state index in [1.54, 1.807) is 18.1 Å². The van der Waals surface area contributed by atoms with Gasteiger partial charge in [0.15, 0.2) is 17.5 Å². The van der Waals surface area contributed by atoms with Gasteiger partial charge < -0.3 is 15.6 Å². The molecule has 0 saturated carbocycles. The second kappa shape index (κ2) is 9.95. The fourth-order valence-electron chi connectivity index (χ4n) is 3.86. The van der Waals surface area contributed by atoms with Crippen molar-refractivity contribution in [3.8, 4) is 11.4 Å². The number of pyridine rings is 1. The number of benzene rings is 1. The number of aromatic amines is 1. The van der Waals surface area contributed by atoms with E-state index in [-0.39, 0.29) is 23.3 Å². The minimum absolute atomic E-state index is 0.0521. The van der Waals surface area contributed by atoms with E-state index in [1.807, 2.05) is 0 Å². The van der Waals surface area contributed by atoms with Gasteiger partial charge in [0, 0.05) is 18.8 Å². The maximum Gasteiger partial charge on any atom is 0.423 e. The first kappa shape index (κ1) is 25.7. The highest BCUT2D eigenvalue weighted by atomic mass is 19.4. The summed E-state index contributed by atoms with van der Waals surface area (Å²) in [5, 5.41) is 8.32. The molecule has 4 aromatic rings. The van der Waals surface area contributed by atoms with E-state index >= 15 is 0 Å². The molecule has 4 N–H and O–H groups in total. The highest BCUT2D eigenvalue weighted by molar-refractivity contribution is 5.86. The molecular formula is C23H20F5N7O2. The molecule has 0 aliphatic rings. The number of nitrogens with zero attached hydrogens (tertiary/aromatic N) is 4. The van der Waals surface area contributed by atoms with Gasteiger partial charge in [0.05, 0.1) is 29.0 Å². The molecule has 1 atom stereocenters. The van der Waals surface area contributed by atoms with Crippen LogP contribution in [0.2, 0.25) is 0 Å². The van der Waals surface area contributed by atoms with E-state index in [1.165, 1.54) is 16.8 Å². The molecule has 0 radical (unpaired) electrons. The number of nitrogens with one attached hydrogen (secondary N) is 2. The second-order valence-electron chi connectivity index (χ2n) is 8.33. The first-order valence-electron chi connectivity index (χ1n) is 11.0. The standard InChI is InChI=1S/C23H20F5N7O2/c1-11(32-17-10-31-34-21(36)18(17)23(26,27)28)3-2-5-35-6-4-12-7-14(15(24)8-13(12)22(35)37)20-30-9-16(25)19(29)33-20/h4,6-11H,2-3,5H2,1H3,(H2,29,30,33)(H2,32,34,36)/t11-/m0/s1. The van der Waals surface area contributed by atoms with Crippen LogP contribution >= 0.6 is 0 Å². The van der Waals surface area contributed by atoms with Crippen molar-refractivity contribution in [2.24, 2.45) is 0 Å². The molecule has 0 bridgehead atoms. The number of hydrogen-bond acceptors (Lipinski definition) is 7. The second-order valence-corrected chi connectivity index (χ2v) is 8.33. The maximum absolute atomic E-state index is 14.8. The Balaban J connectivity index is 1.48. The van der Waals surface area contributed by atoms with Crippen molar-refractivity contribution in [2.45, 2.75) is 38.5 Å². The number of aromatic nitrogens is 5. The predicted octanol–water partition coefficient (Wildman–Crippen LogP) is 3.70. The maximum atomic E-state index is 14.8. The van der Waals surface area contributed by atoms with Crippen LogP contribution in [0.25, 0.3) is 22.2 Å². The van der Waals surface area contributed by atoms with Crippen molar-refractivity contribution in [2.75, 3.05) is 11.1 Å². The van der Waals surface area contributed by atoms with E-state index in [9.17, 15) is 31.5 Å². The van der Waals surface area contributed by atoms with E-state index in [4.69, 9.17) is 5.73 Å². The van der Waals surface area contributed by atoms with Crippen LogP contribution < -0.4 is 22.2 Å². The Labute approximate surface area is 205 Å². The van der Waals surface area contributed by atoms with Crippen LogP contribution in [0.5, 0.6) is 0 Å². The lowest BCUT2D eigenvalue weighted by atomic mass is 10.1. The molecule has 9 nitrogen and oxygen atoms in total. The van der Waals surface area contributed by atoms with E-state index < -0.39 is 52.0 Å². The van der Waals surface area contributed by atoms with Crippen molar-refractivity contribution in [1.82, 2.24) is 24.7 Å². The Morgan fingerprint density at radius 3 is 2.62 bits per heavy atom. The molecule has 0 spiro atoms. The molecule has 194 valence electrons. The van der Waals surface area contributed by atoms with Crippen molar-refractivity contribution in [3.05, 3.63) is 74.7 Å². The lowest BCUT2D eigenvalue weighted by Gasteiger charge is -2.18. The first-order valence-corrected chi connectivity index (χ1v) is 11.0. The monoisotopic (exact) mass is 521 g/mol. The number of halogens is 5. The zero-order chi connectivity index (χ0) is 26.9. The summed E-state index contributed by atoms with van der Waals surface area (Å²) in [6.07, 6.45) is -0.894.